The van der Waals surface area contributed by atoms with E-state index in [1.807, 2.05) is 20.9 Å². The van der Waals surface area contributed by atoms with E-state index < -0.39 is 0 Å². The van der Waals surface area contributed by atoms with Gasteiger partial charge in [-0.3, -0.25) is 0 Å². The summed E-state index contributed by atoms with van der Waals surface area (Å²) in [5, 5.41) is 3.47. The maximum absolute atomic E-state index is 13.4. The molecule has 1 atom stereocenters. The van der Waals surface area contributed by atoms with Gasteiger partial charge in [0.2, 0.25) is 0 Å². The molecule has 1 aromatic rings. The number of aryl methyl sites for hydroxylation is 2. The largest absolute Gasteiger partial charge is 0.313 e. The Morgan fingerprint density at radius 1 is 1.11 bits per heavy atom. The highest BCUT2D eigenvalue weighted by Gasteiger charge is 2.26. The van der Waals surface area contributed by atoms with Crippen LogP contribution in [0.15, 0.2) is 12.1 Å². The Labute approximate surface area is 110 Å². The van der Waals surface area contributed by atoms with Crippen LogP contribution in [0.3, 0.4) is 0 Å². The highest BCUT2D eigenvalue weighted by atomic mass is 19.1. The zero-order valence-corrected chi connectivity index (χ0v) is 11.7. The SMILES string of the molecule is CNC(c1c(C)cc(F)cc1C)C1CCCCC1. The van der Waals surface area contributed by atoms with Crippen molar-refractivity contribution in [1.29, 1.82) is 0 Å². The summed E-state index contributed by atoms with van der Waals surface area (Å²) in [6, 6.07) is 3.70. The van der Waals surface area contributed by atoms with Gasteiger partial charge in [-0.25, -0.2) is 4.39 Å². The van der Waals surface area contributed by atoms with Crippen LogP contribution >= 0.6 is 0 Å². The van der Waals surface area contributed by atoms with E-state index in [2.05, 4.69) is 5.32 Å². The summed E-state index contributed by atoms with van der Waals surface area (Å²) >= 11 is 0. The summed E-state index contributed by atoms with van der Waals surface area (Å²) in [4.78, 5) is 0. The highest BCUT2D eigenvalue weighted by molar-refractivity contribution is 5.37. The smallest absolute Gasteiger partial charge is 0.123 e. The van der Waals surface area contributed by atoms with Crippen LogP contribution in [0.1, 0.15) is 54.8 Å². The molecule has 1 fully saturated rings. The predicted molar refractivity (Wildman–Crippen MR) is 74.2 cm³/mol. The van der Waals surface area contributed by atoms with Crippen LogP contribution in [-0.4, -0.2) is 7.05 Å². The summed E-state index contributed by atoms with van der Waals surface area (Å²) < 4.78 is 13.4. The Morgan fingerprint density at radius 3 is 2.17 bits per heavy atom. The van der Waals surface area contributed by atoms with E-state index in [0.29, 0.717) is 12.0 Å². The number of nitrogens with one attached hydrogen (secondary N) is 1. The van der Waals surface area contributed by atoms with Crippen molar-refractivity contribution >= 4 is 0 Å². The maximum Gasteiger partial charge on any atom is 0.123 e. The molecule has 0 radical (unpaired) electrons. The molecule has 0 bridgehead atoms. The third-order valence-corrected chi connectivity index (χ3v) is 4.30. The summed E-state index contributed by atoms with van der Waals surface area (Å²) in [6.07, 6.45) is 6.63. The molecule has 2 rings (SSSR count). The Balaban J connectivity index is 2.32. The van der Waals surface area contributed by atoms with Gasteiger partial charge in [-0.1, -0.05) is 19.3 Å². The fourth-order valence-electron chi connectivity index (χ4n) is 3.50. The van der Waals surface area contributed by atoms with Crippen molar-refractivity contribution in [3.05, 3.63) is 34.6 Å². The first-order valence-electron chi connectivity index (χ1n) is 7.07. The molecule has 18 heavy (non-hydrogen) atoms. The van der Waals surface area contributed by atoms with Crippen LogP contribution in [0.25, 0.3) is 0 Å². The zero-order valence-electron chi connectivity index (χ0n) is 11.7. The lowest BCUT2D eigenvalue weighted by atomic mass is 9.79. The molecule has 1 nitrogen and oxygen atoms in total. The van der Waals surface area contributed by atoms with E-state index in [4.69, 9.17) is 0 Å². The second-order valence-electron chi connectivity index (χ2n) is 5.62. The Morgan fingerprint density at radius 2 is 1.67 bits per heavy atom. The van der Waals surface area contributed by atoms with E-state index in [1.165, 1.54) is 37.7 Å². The number of benzene rings is 1. The molecular formula is C16H24FN. The van der Waals surface area contributed by atoms with E-state index in [9.17, 15) is 4.39 Å². The maximum atomic E-state index is 13.4. The fraction of sp³-hybridized carbons (Fsp3) is 0.625. The van der Waals surface area contributed by atoms with Crippen LogP contribution < -0.4 is 5.32 Å². The molecule has 0 heterocycles. The normalized spacial score (nSPS) is 18.9. The molecule has 1 unspecified atom stereocenters. The minimum Gasteiger partial charge on any atom is -0.313 e. The number of rotatable bonds is 3. The van der Waals surface area contributed by atoms with Crippen molar-refractivity contribution in [2.45, 2.75) is 52.0 Å². The van der Waals surface area contributed by atoms with Crippen LogP contribution in [0.2, 0.25) is 0 Å². The standard InChI is InChI=1S/C16H24FN/c1-11-9-14(17)10-12(2)15(11)16(18-3)13-7-5-4-6-8-13/h9-10,13,16,18H,4-8H2,1-3H3. The minimum absolute atomic E-state index is 0.118. The summed E-state index contributed by atoms with van der Waals surface area (Å²) in [7, 11) is 2.03. The topological polar surface area (TPSA) is 12.0 Å². The molecule has 0 aromatic heterocycles. The van der Waals surface area contributed by atoms with Gasteiger partial charge >= 0.3 is 0 Å². The molecule has 0 saturated heterocycles. The van der Waals surface area contributed by atoms with Crippen molar-refractivity contribution in [2.75, 3.05) is 7.05 Å². The minimum atomic E-state index is -0.118. The molecule has 0 amide bonds. The lowest BCUT2D eigenvalue weighted by molar-refractivity contribution is 0.280. The summed E-state index contributed by atoms with van der Waals surface area (Å²) in [5.41, 5.74) is 3.47. The highest BCUT2D eigenvalue weighted by Crippen LogP contribution is 2.36. The van der Waals surface area contributed by atoms with Crippen molar-refractivity contribution < 1.29 is 4.39 Å². The fourth-order valence-corrected chi connectivity index (χ4v) is 3.50. The van der Waals surface area contributed by atoms with Gasteiger partial charge in [-0.15, -0.1) is 0 Å². The van der Waals surface area contributed by atoms with Crippen LogP contribution in [0.4, 0.5) is 4.39 Å². The molecule has 1 aliphatic rings. The lowest BCUT2D eigenvalue weighted by Gasteiger charge is -2.32. The van der Waals surface area contributed by atoms with Crippen molar-refractivity contribution in [3.8, 4) is 0 Å². The first kappa shape index (κ1) is 13.5. The predicted octanol–water partition coefficient (Wildman–Crippen LogP) is 4.28. The molecule has 0 aliphatic heterocycles. The molecule has 2 heteroatoms. The van der Waals surface area contributed by atoms with E-state index in [-0.39, 0.29) is 5.82 Å². The van der Waals surface area contributed by atoms with Crippen LogP contribution in [0.5, 0.6) is 0 Å². The van der Waals surface area contributed by atoms with Gasteiger partial charge in [0.15, 0.2) is 0 Å². The molecule has 1 saturated carbocycles. The van der Waals surface area contributed by atoms with Gasteiger partial charge < -0.3 is 5.32 Å². The average Bonchev–Trinajstić information content (AvgIpc) is 2.34. The van der Waals surface area contributed by atoms with Gasteiger partial charge in [0.05, 0.1) is 0 Å². The molecule has 1 aliphatic carbocycles. The summed E-state index contributed by atoms with van der Waals surface area (Å²) in [5.74, 6) is 0.582. The molecular weight excluding hydrogens is 225 g/mol. The molecule has 1 N–H and O–H groups in total. The second kappa shape index (κ2) is 5.83. The monoisotopic (exact) mass is 249 g/mol. The number of hydrogen-bond donors (Lipinski definition) is 1. The van der Waals surface area contributed by atoms with Crippen molar-refractivity contribution in [1.82, 2.24) is 5.32 Å². The third-order valence-electron chi connectivity index (χ3n) is 4.30. The van der Waals surface area contributed by atoms with E-state index in [1.54, 1.807) is 12.1 Å². The van der Waals surface area contributed by atoms with Crippen molar-refractivity contribution in [3.63, 3.8) is 0 Å². The zero-order chi connectivity index (χ0) is 13.1. The van der Waals surface area contributed by atoms with Gasteiger partial charge in [0.1, 0.15) is 5.82 Å². The number of halogens is 1. The average molecular weight is 249 g/mol. The molecule has 1 aromatic carbocycles. The van der Waals surface area contributed by atoms with Gasteiger partial charge in [0, 0.05) is 6.04 Å². The van der Waals surface area contributed by atoms with E-state index >= 15 is 0 Å². The first-order valence-corrected chi connectivity index (χ1v) is 7.07. The molecule has 0 spiro atoms. The third kappa shape index (κ3) is 2.74. The quantitative estimate of drug-likeness (QED) is 0.843. The molecule has 100 valence electrons. The van der Waals surface area contributed by atoms with Gasteiger partial charge in [-0.2, -0.15) is 0 Å². The Kier molecular flexibility index (Phi) is 4.39. The van der Waals surface area contributed by atoms with Gasteiger partial charge in [0.25, 0.3) is 0 Å². The lowest BCUT2D eigenvalue weighted by Crippen LogP contribution is -2.28. The van der Waals surface area contributed by atoms with Crippen LogP contribution in [-0.2, 0) is 0 Å². The van der Waals surface area contributed by atoms with Gasteiger partial charge in [-0.05, 0) is 68.5 Å². The van der Waals surface area contributed by atoms with Crippen LogP contribution in [0, 0.1) is 25.6 Å². The van der Waals surface area contributed by atoms with Crippen molar-refractivity contribution in [2.24, 2.45) is 5.92 Å². The van der Waals surface area contributed by atoms with E-state index in [0.717, 1.165) is 11.1 Å². The Hall–Kier alpha value is -0.890. The number of hydrogen-bond acceptors (Lipinski definition) is 1. The second-order valence-corrected chi connectivity index (χ2v) is 5.62. The Bertz CT molecular complexity index is 385. The summed E-state index contributed by atoms with van der Waals surface area (Å²) in [6.45, 7) is 4.05. The first-order chi connectivity index (χ1) is 8.63.